The van der Waals surface area contributed by atoms with E-state index in [-0.39, 0.29) is 11.9 Å². The second kappa shape index (κ2) is 7.73. The van der Waals surface area contributed by atoms with Crippen molar-refractivity contribution in [1.29, 1.82) is 0 Å². The second-order valence-corrected chi connectivity index (χ2v) is 5.56. The summed E-state index contributed by atoms with van der Waals surface area (Å²) in [5.74, 6) is 1.23. The fourth-order valence-corrected chi connectivity index (χ4v) is 2.66. The maximum Gasteiger partial charge on any atom is 0.137 e. The molecule has 1 unspecified atom stereocenters. The van der Waals surface area contributed by atoms with Crippen LogP contribution >= 0.6 is 15.9 Å². The van der Waals surface area contributed by atoms with Gasteiger partial charge in [0.1, 0.15) is 23.9 Å². The summed E-state index contributed by atoms with van der Waals surface area (Å²) < 4.78 is 25.1. The molecule has 0 radical (unpaired) electrons. The molecule has 5 heteroatoms. The lowest BCUT2D eigenvalue weighted by atomic mass is 10.0. The Bertz CT molecular complexity index is 585. The van der Waals surface area contributed by atoms with Gasteiger partial charge < -0.3 is 14.5 Å². The van der Waals surface area contributed by atoms with Crippen molar-refractivity contribution in [3.63, 3.8) is 0 Å². The number of hydrogen-bond donors (Lipinski definition) is 1. The van der Waals surface area contributed by atoms with Gasteiger partial charge >= 0.3 is 0 Å². The summed E-state index contributed by atoms with van der Waals surface area (Å²) in [6.45, 7) is 3.32. The zero-order valence-corrected chi connectivity index (χ0v) is 13.7. The first-order valence-corrected chi connectivity index (χ1v) is 7.71. The average molecular weight is 356 g/mol. The Morgan fingerprint density at radius 3 is 2.86 bits per heavy atom. The van der Waals surface area contributed by atoms with Gasteiger partial charge in [-0.2, -0.15) is 0 Å². The highest BCUT2D eigenvalue weighted by Crippen LogP contribution is 2.31. The molecule has 0 amide bonds. The van der Waals surface area contributed by atoms with E-state index in [0.29, 0.717) is 11.1 Å². The third kappa shape index (κ3) is 3.93. The molecule has 3 nitrogen and oxygen atoms in total. The Labute approximate surface area is 132 Å². The first-order chi connectivity index (χ1) is 10.2. The number of hydrogen-bond acceptors (Lipinski definition) is 3. The zero-order valence-electron chi connectivity index (χ0n) is 12.2. The van der Waals surface area contributed by atoms with Gasteiger partial charge in [0.05, 0.1) is 10.5 Å². The number of benzene rings is 1. The van der Waals surface area contributed by atoms with Gasteiger partial charge in [0.25, 0.3) is 0 Å². The van der Waals surface area contributed by atoms with Crippen LogP contribution in [0.5, 0.6) is 0 Å². The fraction of sp³-hybridized carbons (Fsp3) is 0.375. The molecule has 1 heterocycles. The van der Waals surface area contributed by atoms with Crippen molar-refractivity contribution in [3.8, 4) is 0 Å². The van der Waals surface area contributed by atoms with Crippen molar-refractivity contribution < 1.29 is 13.5 Å². The number of ether oxygens (including phenoxy) is 1. The third-order valence-electron chi connectivity index (χ3n) is 3.14. The topological polar surface area (TPSA) is 34.4 Å². The molecule has 0 aliphatic heterocycles. The van der Waals surface area contributed by atoms with Gasteiger partial charge in [-0.1, -0.05) is 19.1 Å². The molecule has 0 saturated carbocycles. The van der Waals surface area contributed by atoms with E-state index >= 15 is 0 Å². The Hall–Kier alpha value is -1.17. The highest BCUT2D eigenvalue weighted by atomic mass is 79.9. The predicted molar refractivity (Wildman–Crippen MR) is 83.7 cm³/mol. The van der Waals surface area contributed by atoms with Crippen LogP contribution < -0.4 is 5.32 Å². The van der Waals surface area contributed by atoms with Crippen LogP contribution in [0.4, 0.5) is 4.39 Å². The van der Waals surface area contributed by atoms with Gasteiger partial charge in [0.2, 0.25) is 0 Å². The fourth-order valence-electron chi connectivity index (χ4n) is 2.17. The number of furan rings is 1. The van der Waals surface area contributed by atoms with Crippen molar-refractivity contribution >= 4 is 15.9 Å². The maximum atomic E-state index is 13.8. The average Bonchev–Trinajstić information content (AvgIpc) is 2.92. The minimum Gasteiger partial charge on any atom is -0.462 e. The normalized spacial score (nSPS) is 12.6. The highest BCUT2D eigenvalue weighted by Gasteiger charge is 2.21. The molecule has 1 aromatic heterocycles. The van der Waals surface area contributed by atoms with Gasteiger partial charge in [-0.25, -0.2) is 4.39 Å². The summed E-state index contributed by atoms with van der Waals surface area (Å²) in [6.07, 6.45) is 0.981. The monoisotopic (exact) mass is 355 g/mol. The first kappa shape index (κ1) is 16.2. The van der Waals surface area contributed by atoms with Crippen LogP contribution in [-0.4, -0.2) is 13.7 Å². The van der Waals surface area contributed by atoms with Crippen molar-refractivity contribution in [2.45, 2.75) is 26.0 Å². The van der Waals surface area contributed by atoms with Crippen LogP contribution in [0, 0.1) is 5.82 Å². The van der Waals surface area contributed by atoms with Crippen molar-refractivity contribution in [2.75, 3.05) is 13.7 Å². The molecule has 1 aromatic carbocycles. The molecular formula is C16H19BrFNO2. The van der Waals surface area contributed by atoms with Gasteiger partial charge in [0.15, 0.2) is 0 Å². The standard InChI is InChI=1S/C16H19BrFNO2/c1-3-9-19-16(12-5-4-6-13(18)15(12)17)14-8-7-11(21-14)10-20-2/h4-8,16,19H,3,9-10H2,1-2H3. The summed E-state index contributed by atoms with van der Waals surface area (Å²) in [5.41, 5.74) is 0.821. The lowest BCUT2D eigenvalue weighted by Crippen LogP contribution is -2.23. The van der Waals surface area contributed by atoms with Crippen LogP contribution in [0.25, 0.3) is 0 Å². The van der Waals surface area contributed by atoms with E-state index in [9.17, 15) is 4.39 Å². The SMILES string of the molecule is CCCNC(c1ccc(COC)o1)c1cccc(F)c1Br. The van der Waals surface area contributed by atoms with E-state index in [1.807, 2.05) is 18.2 Å². The first-order valence-electron chi connectivity index (χ1n) is 6.92. The molecular weight excluding hydrogens is 337 g/mol. The molecule has 0 spiro atoms. The summed E-state index contributed by atoms with van der Waals surface area (Å²) in [6, 6.07) is 8.61. The van der Waals surface area contributed by atoms with E-state index in [1.165, 1.54) is 6.07 Å². The molecule has 2 aromatic rings. The Morgan fingerprint density at radius 2 is 2.14 bits per heavy atom. The van der Waals surface area contributed by atoms with E-state index < -0.39 is 0 Å². The van der Waals surface area contributed by atoms with E-state index in [4.69, 9.17) is 9.15 Å². The second-order valence-electron chi connectivity index (χ2n) is 4.77. The minimum absolute atomic E-state index is 0.194. The molecule has 0 bridgehead atoms. The zero-order chi connectivity index (χ0) is 15.2. The number of rotatable bonds is 7. The minimum atomic E-state index is -0.278. The van der Waals surface area contributed by atoms with Crippen molar-refractivity contribution in [3.05, 3.63) is 57.7 Å². The Balaban J connectivity index is 2.34. The molecule has 0 aliphatic rings. The van der Waals surface area contributed by atoms with Gasteiger partial charge in [-0.05, 0) is 52.7 Å². The Kier molecular flexibility index (Phi) is 5.96. The number of methoxy groups -OCH3 is 1. The van der Waals surface area contributed by atoms with E-state index in [2.05, 4.69) is 28.2 Å². The number of halogens is 2. The quantitative estimate of drug-likeness (QED) is 0.798. The van der Waals surface area contributed by atoms with Crippen molar-refractivity contribution in [1.82, 2.24) is 5.32 Å². The van der Waals surface area contributed by atoms with Gasteiger partial charge in [-0.3, -0.25) is 0 Å². The molecule has 114 valence electrons. The smallest absolute Gasteiger partial charge is 0.137 e. The molecule has 0 fully saturated rings. The summed E-state index contributed by atoms with van der Waals surface area (Å²) in [5, 5.41) is 3.39. The van der Waals surface area contributed by atoms with Gasteiger partial charge in [0, 0.05) is 7.11 Å². The third-order valence-corrected chi connectivity index (χ3v) is 3.98. The number of nitrogens with one attached hydrogen (secondary N) is 1. The van der Waals surface area contributed by atoms with Crippen molar-refractivity contribution in [2.24, 2.45) is 0 Å². The van der Waals surface area contributed by atoms with Crippen LogP contribution in [0.3, 0.4) is 0 Å². The van der Waals surface area contributed by atoms with E-state index in [1.54, 1.807) is 13.2 Å². The molecule has 1 atom stereocenters. The highest BCUT2D eigenvalue weighted by molar-refractivity contribution is 9.10. The van der Waals surface area contributed by atoms with Crippen LogP contribution in [0.15, 0.2) is 39.2 Å². The summed E-state index contributed by atoms with van der Waals surface area (Å²) >= 11 is 3.33. The molecule has 0 saturated heterocycles. The van der Waals surface area contributed by atoms with Crippen LogP contribution in [-0.2, 0) is 11.3 Å². The largest absolute Gasteiger partial charge is 0.462 e. The van der Waals surface area contributed by atoms with Crippen LogP contribution in [0.1, 0.15) is 36.5 Å². The lowest BCUT2D eigenvalue weighted by molar-refractivity contribution is 0.162. The summed E-state index contributed by atoms with van der Waals surface area (Å²) in [7, 11) is 1.62. The predicted octanol–water partition coefficient (Wildman–Crippen LogP) is 4.42. The van der Waals surface area contributed by atoms with Gasteiger partial charge in [-0.15, -0.1) is 0 Å². The Morgan fingerprint density at radius 1 is 1.33 bits per heavy atom. The molecule has 1 N–H and O–H groups in total. The molecule has 2 rings (SSSR count). The van der Waals surface area contributed by atoms with Crippen LogP contribution in [0.2, 0.25) is 0 Å². The maximum absolute atomic E-state index is 13.8. The molecule has 0 aliphatic carbocycles. The molecule has 21 heavy (non-hydrogen) atoms. The van der Waals surface area contributed by atoms with E-state index in [0.717, 1.165) is 30.0 Å². The summed E-state index contributed by atoms with van der Waals surface area (Å²) in [4.78, 5) is 0. The lowest BCUT2D eigenvalue weighted by Gasteiger charge is -2.18.